The van der Waals surface area contributed by atoms with Gasteiger partial charge in [-0.3, -0.25) is 4.79 Å². The molecule has 1 aliphatic rings. The van der Waals surface area contributed by atoms with Crippen LogP contribution < -0.4 is 10.1 Å². The molecule has 1 aliphatic heterocycles. The summed E-state index contributed by atoms with van der Waals surface area (Å²) < 4.78 is 10.1. The monoisotopic (exact) mass is 264 g/mol. The minimum atomic E-state index is -0.358. The third kappa shape index (κ3) is 3.15. The van der Waals surface area contributed by atoms with E-state index in [4.69, 9.17) is 9.47 Å². The van der Waals surface area contributed by atoms with Crippen LogP contribution in [0.2, 0.25) is 0 Å². The van der Waals surface area contributed by atoms with Crippen LogP contribution in [0.25, 0.3) is 0 Å². The topological polar surface area (TPSA) is 67.9 Å². The number of nitrogens with one attached hydrogen (secondary N) is 1. The van der Waals surface area contributed by atoms with Gasteiger partial charge in [0.15, 0.2) is 0 Å². The molecule has 1 heterocycles. The summed E-state index contributed by atoms with van der Waals surface area (Å²) in [7, 11) is 3.23. The van der Waals surface area contributed by atoms with Gasteiger partial charge in [0, 0.05) is 12.6 Å². The summed E-state index contributed by atoms with van der Waals surface area (Å²) in [5.74, 6) is 0.496. The zero-order chi connectivity index (χ0) is 13.8. The Kier molecular flexibility index (Phi) is 3.89. The van der Waals surface area contributed by atoms with E-state index < -0.39 is 0 Å². The van der Waals surface area contributed by atoms with Crippen molar-refractivity contribution in [1.82, 2.24) is 10.2 Å². The van der Waals surface area contributed by atoms with Crippen molar-refractivity contribution < 1.29 is 19.1 Å². The number of carbonyl (C=O) groups excluding carboxylic acids is 2. The first-order valence-electron chi connectivity index (χ1n) is 5.94. The molecule has 102 valence electrons. The first-order valence-corrected chi connectivity index (χ1v) is 5.94. The van der Waals surface area contributed by atoms with Crippen LogP contribution in [-0.4, -0.2) is 50.3 Å². The van der Waals surface area contributed by atoms with Gasteiger partial charge in [0.2, 0.25) is 0 Å². The maximum atomic E-state index is 11.9. The zero-order valence-electron chi connectivity index (χ0n) is 10.9. The van der Waals surface area contributed by atoms with Gasteiger partial charge in [-0.25, -0.2) is 4.79 Å². The molecular weight excluding hydrogens is 248 g/mol. The third-order valence-electron chi connectivity index (χ3n) is 2.90. The summed E-state index contributed by atoms with van der Waals surface area (Å²) in [5, 5.41) is 2.74. The molecule has 6 nitrogen and oxygen atoms in total. The van der Waals surface area contributed by atoms with E-state index in [9.17, 15) is 9.59 Å². The maximum absolute atomic E-state index is 11.9. The van der Waals surface area contributed by atoms with Crippen LogP contribution in [0.5, 0.6) is 5.75 Å². The van der Waals surface area contributed by atoms with Crippen LogP contribution in [0.15, 0.2) is 24.3 Å². The molecule has 2 rings (SSSR count). The van der Waals surface area contributed by atoms with E-state index in [1.54, 1.807) is 38.4 Å². The molecule has 1 atom stereocenters. The van der Waals surface area contributed by atoms with Crippen LogP contribution in [0.3, 0.4) is 0 Å². The predicted octanol–water partition coefficient (Wildman–Crippen LogP) is 0.876. The Hall–Kier alpha value is -2.24. The molecule has 0 spiro atoms. The predicted molar refractivity (Wildman–Crippen MR) is 68.2 cm³/mol. The van der Waals surface area contributed by atoms with Crippen LogP contribution in [-0.2, 0) is 4.74 Å². The van der Waals surface area contributed by atoms with Crippen molar-refractivity contribution in [2.24, 2.45) is 0 Å². The van der Waals surface area contributed by atoms with E-state index in [0.29, 0.717) is 24.4 Å². The molecular formula is C13H16N2O4. The summed E-state index contributed by atoms with van der Waals surface area (Å²) in [6.45, 7) is 0.794. The number of hydrogen-bond donors (Lipinski definition) is 1. The molecule has 0 bridgehead atoms. The van der Waals surface area contributed by atoms with Gasteiger partial charge in [0.25, 0.3) is 5.91 Å². The van der Waals surface area contributed by atoms with E-state index in [1.807, 2.05) is 0 Å². The number of hydrogen-bond acceptors (Lipinski definition) is 4. The van der Waals surface area contributed by atoms with Gasteiger partial charge in [-0.2, -0.15) is 0 Å². The normalized spacial score (nSPS) is 18.1. The van der Waals surface area contributed by atoms with Gasteiger partial charge in [-0.05, 0) is 24.3 Å². The molecule has 0 aromatic heterocycles. The minimum absolute atomic E-state index is 0.201. The van der Waals surface area contributed by atoms with Gasteiger partial charge in [0.1, 0.15) is 11.9 Å². The van der Waals surface area contributed by atoms with Gasteiger partial charge in [0.05, 0.1) is 20.2 Å². The Bertz CT molecular complexity index is 472. The zero-order valence-corrected chi connectivity index (χ0v) is 10.9. The average Bonchev–Trinajstić information content (AvgIpc) is 2.75. The van der Waals surface area contributed by atoms with Crippen molar-refractivity contribution in [2.75, 3.05) is 27.2 Å². The number of benzene rings is 1. The molecule has 0 radical (unpaired) electrons. The van der Waals surface area contributed by atoms with E-state index in [1.165, 1.54) is 4.90 Å². The number of methoxy groups -OCH3 is 1. The highest BCUT2D eigenvalue weighted by atomic mass is 16.6. The summed E-state index contributed by atoms with van der Waals surface area (Å²) in [6, 6.07) is 6.80. The molecule has 1 unspecified atom stereocenters. The third-order valence-corrected chi connectivity index (χ3v) is 2.90. The maximum Gasteiger partial charge on any atom is 0.410 e. The van der Waals surface area contributed by atoms with Crippen molar-refractivity contribution in [1.29, 1.82) is 0 Å². The molecule has 0 saturated carbocycles. The highest BCUT2D eigenvalue weighted by molar-refractivity contribution is 5.94. The van der Waals surface area contributed by atoms with Crippen LogP contribution >= 0.6 is 0 Å². The summed E-state index contributed by atoms with van der Waals surface area (Å²) in [5.41, 5.74) is 0.540. The minimum Gasteiger partial charge on any atom is -0.497 e. The van der Waals surface area contributed by atoms with E-state index >= 15 is 0 Å². The molecule has 19 heavy (non-hydrogen) atoms. The van der Waals surface area contributed by atoms with Crippen molar-refractivity contribution in [3.63, 3.8) is 0 Å². The van der Waals surface area contributed by atoms with Gasteiger partial charge in [-0.15, -0.1) is 0 Å². The SMILES string of the molecule is COc1ccc(C(=O)NCC2CN(C)C(=O)O2)cc1. The Morgan fingerprint density at radius 2 is 2.16 bits per heavy atom. The number of rotatable bonds is 4. The fraction of sp³-hybridized carbons (Fsp3) is 0.385. The van der Waals surface area contributed by atoms with Crippen LogP contribution in [0.4, 0.5) is 4.79 Å². The van der Waals surface area contributed by atoms with E-state index in [-0.39, 0.29) is 18.1 Å². The summed E-state index contributed by atoms with van der Waals surface area (Å²) in [6.07, 6.45) is -0.650. The number of amides is 2. The van der Waals surface area contributed by atoms with Crippen molar-refractivity contribution in [3.05, 3.63) is 29.8 Å². The molecule has 1 fully saturated rings. The number of ether oxygens (including phenoxy) is 2. The van der Waals surface area contributed by atoms with Crippen LogP contribution in [0, 0.1) is 0 Å². The highest BCUT2D eigenvalue weighted by Gasteiger charge is 2.28. The molecule has 1 N–H and O–H groups in total. The van der Waals surface area contributed by atoms with Crippen LogP contribution in [0.1, 0.15) is 10.4 Å². The van der Waals surface area contributed by atoms with Crippen molar-refractivity contribution in [2.45, 2.75) is 6.10 Å². The molecule has 2 amide bonds. The highest BCUT2D eigenvalue weighted by Crippen LogP contribution is 2.11. The first-order chi connectivity index (χ1) is 9.10. The molecule has 1 aromatic rings. The Morgan fingerprint density at radius 1 is 1.47 bits per heavy atom. The number of cyclic esters (lactones) is 1. The largest absolute Gasteiger partial charge is 0.497 e. The molecule has 1 saturated heterocycles. The van der Waals surface area contributed by atoms with E-state index in [0.717, 1.165) is 0 Å². The second-order valence-electron chi connectivity index (χ2n) is 4.32. The smallest absolute Gasteiger partial charge is 0.410 e. The second-order valence-corrected chi connectivity index (χ2v) is 4.32. The molecule has 1 aromatic carbocycles. The van der Waals surface area contributed by atoms with Crippen molar-refractivity contribution in [3.8, 4) is 5.75 Å². The lowest BCUT2D eigenvalue weighted by Crippen LogP contribution is -2.34. The lowest BCUT2D eigenvalue weighted by molar-refractivity contribution is 0.0915. The fourth-order valence-electron chi connectivity index (χ4n) is 1.81. The second kappa shape index (κ2) is 5.60. The number of likely N-dealkylation sites (N-methyl/N-ethyl adjacent to an activating group) is 1. The Morgan fingerprint density at radius 3 is 2.68 bits per heavy atom. The van der Waals surface area contributed by atoms with Crippen molar-refractivity contribution >= 4 is 12.0 Å². The molecule has 0 aliphatic carbocycles. The Labute approximate surface area is 111 Å². The number of carbonyl (C=O) groups is 2. The Balaban J connectivity index is 1.85. The molecule has 6 heteroatoms. The summed E-state index contributed by atoms with van der Waals surface area (Å²) in [4.78, 5) is 24.5. The van der Waals surface area contributed by atoms with Gasteiger partial charge in [-0.1, -0.05) is 0 Å². The van der Waals surface area contributed by atoms with Gasteiger partial charge < -0.3 is 19.7 Å². The first kappa shape index (κ1) is 13.2. The standard InChI is InChI=1S/C13H16N2O4/c1-15-8-11(19-13(15)17)7-14-12(16)9-3-5-10(18-2)6-4-9/h3-6,11H,7-8H2,1-2H3,(H,14,16). The quantitative estimate of drug-likeness (QED) is 0.876. The lowest BCUT2D eigenvalue weighted by atomic mass is 10.2. The average molecular weight is 264 g/mol. The lowest BCUT2D eigenvalue weighted by Gasteiger charge is -2.10. The van der Waals surface area contributed by atoms with E-state index in [2.05, 4.69) is 5.32 Å². The van der Waals surface area contributed by atoms with Gasteiger partial charge >= 0.3 is 6.09 Å². The number of nitrogens with zero attached hydrogens (tertiary/aromatic N) is 1. The summed E-state index contributed by atoms with van der Waals surface area (Å²) >= 11 is 0. The fourth-order valence-corrected chi connectivity index (χ4v) is 1.81.